The molecule has 264 valence electrons. The van der Waals surface area contributed by atoms with Gasteiger partial charge in [-0.2, -0.15) is 0 Å². The van der Waals surface area contributed by atoms with E-state index < -0.39 is 12.1 Å². The van der Waals surface area contributed by atoms with E-state index in [1.165, 1.54) is 16.7 Å². The van der Waals surface area contributed by atoms with Gasteiger partial charge in [0.15, 0.2) is 0 Å². The van der Waals surface area contributed by atoms with Gasteiger partial charge in [0, 0.05) is 43.9 Å². The molecule has 2 aromatic heterocycles. The Morgan fingerprint density at radius 3 is 2.33 bits per heavy atom. The number of ether oxygens (including phenoxy) is 1. The lowest BCUT2D eigenvalue weighted by molar-refractivity contribution is -0.137. The van der Waals surface area contributed by atoms with Crippen molar-refractivity contribution in [3.05, 3.63) is 131 Å². The summed E-state index contributed by atoms with van der Waals surface area (Å²) in [6.07, 6.45) is 5.87. The van der Waals surface area contributed by atoms with Crippen molar-refractivity contribution in [2.75, 3.05) is 45.8 Å². The second kappa shape index (κ2) is 16.5. The molecule has 2 amide bonds. The zero-order chi connectivity index (χ0) is 35.0. The Bertz CT molecular complexity index is 1900. The number of pyridine rings is 1. The molecule has 0 saturated carbocycles. The van der Waals surface area contributed by atoms with Crippen LogP contribution in [0, 0.1) is 5.92 Å². The van der Waals surface area contributed by atoms with E-state index in [9.17, 15) is 9.59 Å². The quantitative estimate of drug-likeness (QED) is 0.168. The van der Waals surface area contributed by atoms with Crippen LogP contribution < -0.4 is 5.32 Å². The molecular weight excluding hydrogens is 660 g/mol. The highest BCUT2D eigenvalue weighted by Crippen LogP contribution is 2.28. The second-order valence-electron chi connectivity index (χ2n) is 13.6. The number of alkyl carbamates (subject to hydrolysis) is 1. The maximum Gasteiger partial charge on any atom is 0.408 e. The summed E-state index contributed by atoms with van der Waals surface area (Å²) in [6, 6.07) is 31.6. The average Bonchev–Trinajstić information content (AvgIpc) is 3.59. The average molecular weight is 705 g/mol. The van der Waals surface area contributed by atoms with Gasteiger partial charge in [0.2, 0.25) is 5.91 Å². The summed E-state index contributed by atoms with van der Waals surface area (Å²) in [7, 11) is 0. The van der Waals surface area contributed by atoms with Crippen molar-refractivity contribution < 1.29 is 14.3 Å². The lowest BCUT2D eigenvalue weighted by Gasteiger charge is -2.40. The topological polar surface area (TPSA) is 82.4 Å². The van der Waals surface area contributed by atoms with Crippen LogP contribution in [0.1, 0.15) is 29.8 Å². The standard InChI is InChI=1S/C41H45ClN6O3/c42-35-14-15-37(32-11-5-2-6-12-32)34(27-35)18-22-45-20-16-33(17-21-45)39(44-41(50)51-30-31-9-3-1-4-10-31)40(49)47-25-23-46(24-26-47)29-38-43-28-36-13-7-8-19-48(36)38/h1-15,19,27-28,33,39H,16-18,20-26,29-30H2,(H,44,50)/t39-/m1/s1. The summed E-state index contributed by atoms with van der Waals surface area (Å²) in [4.78, 5) is 38.7. The Balaban J connectivity index is 0.973. The van der Waals surface area contributed by atoms with Gasteiger partial charge in [0.05, 0.1) is 18.3 Å². The minimum absolute atomic E-state index is 0.0124. The molecule has 7 rings (SSSR count). The zero-order valence-corrected chi connectivity index (χ0v) is 29.6. The van der Waals surface area contributed by atoms with Gasteiger partial charge in [0.25, 0.3) is 0 Å². The van der Waals surface area contributed by atoms with Crippen molar-refractivity contribution in [1.29, 1.82) is 0 Å². The molecule has 2 aliphatic heterocycles. The normalized spacial score (nSPS) is 16.6. The van der Waals surface area contributed by atoms with Crippen LogP contribution >= 0.6 is 11.6 Å². The largest absolute Gasteiger partial charge is 0.445 e. The van der Waals surface area contributed by atoms with Crippen LogP contribution in [0.4, 0.5) is 4.79 Å². The van der Waals surface area contributed by atoms with E-state index in [2.05, 4.69) is 67.0 Å². The predicted octanol–water partition coefficient (Wildman–Crippen LogP) is 6.55. The lowest BCUT2D eigenvalue weighted by Crippen LogP contribution is -2.58. The van der Waals surface area contributed by atoms with Crippen LogP contribution in [-0.4, -0.2) is 87.9 Å². The maximum atomic E-state index is 14.2. The Hall–Kier alpha value is -4.70. The predicted molar refractivity (Wildman–Crippen MR) is 200 cm³/mol. The van der Waals surface area contributed by atoms with E-state index in [1.54, 1.807) is 0 Å². The Morgan fingerprint density at radius 2 is 1.57 bits per heavy atom. The van der Waals surface area contributed by atoms with Crippen LogP contribution in [0.5, 0.6) is 0 Å². The van der Waals surface area contributed by atoms with Gasteiger partial charge in [-0.3, -0.25) is 9.69 Å². The number of imidazole rings is 1. The monoisotopic (exact) mass is 704 g/mol. The summed E-state index contributed by atoms with van der Waals surface area (Å²) in [6.45, 7) is 6.15. The van der Waals surface area contributed by atoms with Gasteiger partial charge in [-0.15, -0.1) is 0 Å². The molecule has 4 heterocycles. The van der Waals surface area contributed by atoms with Gasteiger partial charge < -0.3 is 24.3 Å². The third-order valence-electron chi connectivity index (χ3n) is 10.3. The first kappa shape index (κ1) is 34.7. The highest BCUT2D eigenvalue weighted by atomic mass is 35.5. The molecule has 0 bridgehead atoms. The zero-order valence-electron chi connectivity index (χ0n) is 28.9. The molecule has 1 N–H and O–H groups in total. The molecule has 51 heavy (non-hydrogen) atoms. The number of aromatic nitrogens is 2. The molecule has 2 fully saturated rings. The fraction of sp³-hybridized carbons (Fsp3) is 0.341. The maximum absolute atomic E-state index is 14.2. The van der Waals surface area contributed by atoms with Crippen molar-refractivity contribution in [2.45, 2.75) is 38.5 Å². The smallest absolute Gasteiger partial charge is 0.408 e. The van der Waals surface area contributed by atoms with E-state index >= 15 is 0 Å². The highest BCUT2D eigenvalue weighted by Gasteiger charge is 2.36. The number of nitrogens with one attached hydrogen (secondary N) is 1. The summed E-state index contributed by atoms with van der Waals surface area (Å²) >= 11 is 6.43. The first-order valence-electron chi connectivity index (χ1n) is 18.0. The molecule has 5 aromatic rings. The van der Waals surface area contributed by atoms with Gasteiger partial charge in [-0.1, -0.05) is 84.4 Å². The summed E-state index contributed by atoms with van der Waals surface area (Å²) in [5.74, 6) is 0.977. The first-order valence-corrected chi connectivity index (χ1v) is 18.3. The van der Waals surface area contributed by atoms with Crippen LogP contribution in [-0.2, 0) is 29.1 Å². The number of piperidine rings is 1. The molecule has 3 aromatic carbocycles. The molecule has 0 spiro atoms. The summed E-state index contributed by atoms with van der Waals surface area (Å²) in [5, 5.41) is 3.76. The third kappa shape index (κ3) is 8.79. The number of halogens is 1. The third-order valence-corrected chi connectivity index (χ3v) is 10.5. The lowest BCUT2D eigenvalue weighted by atomic mass is 9.88. The number of piperazine rings is 1. The fourth-order valence-electron chi connectivity index (χ4n) is 7.37. The first-order chi connectivity index (χ1) is 25.0. The number of carbonyl (C=O) groups excluding carboxylic acids is 2. The van der Waals surface area contributed by atoms with Gasteiger partial charge >= 0.3 is 6.09 Å². The molecule has 1 atom stereocenters. The molecule has 0 unspecified atom stereocenters. The summed E-state index contributed by atoms with van der Waals surface area (Å²) < 4.78 is 7.72. The number of hydrogen-bond acceptors (Lipinski definition) is 6. The molecule has 2 saturated heterocycles. The molecule has 10 heteroatoms. The SMILES string of the molecule is O=C(N[C@@H](C(=O)N1CCN(Cc2ncc3ccccn23)CC1)C1CCN(CCc2cc(Cl)ccc2-c2ccccc2)CC1)OCc1ccccc1. The fourth-order valence-corrected chi connectivity index (χ4v) is 7.56. The molecule has 9 nitrogen and oxygen atoms in total. The summed E-state index contributed by atoms with van der Waals surface area (Å²) in [5.41, 5.74) is 5.59. The van der Waals surface area contributed by atoms with Crippen molar-refractivity contribution in [3.63, 3.8) is 0 Å². The highest BCUT2D eigenvalue weighted by molar-refractivity contribution is 6.30. The minimum Gasteiger partial charge on any atom is -0.445 e. The van der Waals surface area contributed by atoms with E-state index in [-0.39, 0.29) is 18.4 Å². The van der Waals surface area contributed by atoms with E-state index in [0.29, 0.717) is 19.6 Å². The van der Waals surface area contributed by atoms with Crippen molar-refractivity contribution in [1.82, 2.24) is 29.4 Å². The number of nitrogens with zero attached hydrogens (tertiary/aromatic N) is 5. The number of likely N-dealkylation sites (tertiary alicyclic amines) is 1. The van der Waals surface area contributed by atoms with Crippen LogP contribution in [0.3, 0.4) is 0 Å². The molecule has 0 aliphatic carbocycles. The van der Waals surface area contributed by atoms with Crippen LogP contribution in [0.25, 0.3) is 16.6 Å². The number of hydrogen-bond donors (Lipinski definition) is 1. The Morgan fingerprint density at radius 1 is 0.843 bits per heavy atom. The van der Waals surface area contributed by atoms with Crippen LogP contribution in [0.2, 0.25) is 5.02 Å². The van der Waals surface area contributed by atoms with Crippen molar-refractivity contribution in [3.8, 4) is 11.1 Å². The number of benzene rings is 3. The number of rotatable bonds is 11. The van der Waals surface area contributed by atoms with Gasteiger partial charge in [-0.25, -0.2) is 9.78 Å². The number of amides is 2. The van der Waals surface area contributed by atoms with E-state index in [0.717, 1.165) is 73.9 Å². The molecular formula is C41H45ClN6O3. The molecule has 0 radical (unpaired) electrons. The van der Waals surface area contributed by atoms with E-state index in [1.807, 2.05) is 71.9 Å². The number of fused-ring (bicyclic) bond motifs is 1. The van der Waals surface area contributed by atoms with E-state index in [4.69, 9.17) is 16.3 Å². The Kier molecular flexibility index (Phi) is 11.3. The minimum atomic E-state index is -0.643. The van der Waals surface area contributed by atoms with Crippen molar-refractivity contribution in [2.24, 2.45) is 5.92 Å². The molecule has 2 aliphatic rings. The Labute approximate surface area is 304 Å². The number of carbonyl (C=O) groups is 2. The van der Waals surface area contributed by atoms with Gasteiger partial charge in [-0.05, 0) is 84.8 Å². The van der Waals surface area contributed by atoms with Crippen molar-refractivity contribution >= 4 is 29.1 Å². The van der Waals surface area contributed by atoms with Gasteiger partial charge in [0.1, 0.15) is 18.5 Å². The second-order valence-corrected chi connectivity index (χ2v) is 14.0. The van der Waals surface area contributed by atoms with Crippen LogP contribution in [0.15, 0.2) is 109 Å².